The van der Waals surface area contributed by atoms with Crippen LogP contribution >= 0.6 is 0 Å². The second-order valence-electron chi connectivity index (χ2n) is 6.65. The minimum atomic E-state index is -1.15. The Labute approximate surface area is 155 Å². The quantitative estimate of drug-likeness (QED) is 0.720. The molecule has 0 amide bonds. The number of benzene rings is 2. The minimum Gasteiger partial charge on any atom is -0.508 e. The largest absolute Gasteiger partial charge is 0.508 e. The van der Waals surface area contributed by atoms with Crippen LogP contribution in [0.4, 0.5) is 4.39 Å². The smallest absolute Gasteiger partial charge is 0.355 e. The molecule has 0 atom stereocenters. The van der Waals surface area contributed by atoms with Crippen LogP contribution in [0.1, 0.15) is 34.9 Å². The molecular formula is C21H18FNO4. The molecule has 27 heavy (non-hydrogen) atoms. The van der Waals surface area contributed by atoms with E-state index in [1.165, 1.54) is 24.3 Å². The van der Waals surface area contributed by atoms with Crippen LogP contribution in [-0.2, 0) is 4.74 Å². The number of ether oxygens (including phenoxy) is 1. The van der Waals surface area contributed by atoms with Crippen molar-refractivity contribution in [1.29, 1.82) is 0 Å². The second kappa shape index (κ2) is 6.96. The van der Waals surface area contributed by atoms with Crippen molar-refractivity contribution >= 4 is 16.7 Å². The molecule has 1 saturated heterocycles. The fraction of sp³-hybridized carbons (Fsp3) is 0.238. The van der Waals surface area contributed by atoms with Gasteiger partial charge in [0, 0.05) is 30.1 Å². The van der Waals surface area contributed by atoms with Crippen molar-refractivity contribution in [2.75, 3.05) is 13.2 Å². The van der Waals surface area contributed by atoms with Crippen molar-refractivity contribution < 1.29 is 24.1 Å². The Morgan fingerprint density at radius 2 is 1.78 bits per heavy atom. The SMILES string of the molecule is O=C(O)c1nc(C2CCOCC2)c(-c2ccc(F)cc2)c2ccc(O)cc12. The normalized spacial score (nSPS) is 15.1. The number of phenols is 1. The number of carboxylic acid groups (broad SMARTS) is 1. The van der Waals surface area contributed by atoms with Gasteiger partial charge >= 0.3 is 5.97 Å². The van der Waals surface area contributed by atoms with Gasteiger partial charge in [-0.2, -0.15) is 0 Å². The van der Waals surface area contributed by atoms with Gasteiger partial charge in [-0.05, 0) is 54.1 Å². The van der Waals surface area contributed by atoms with Gasteiger partial charge in [0.25, 0.3) is 0 Å². The van der Waals surface area contributed by atoms with Gasteiger partial charge in [-0.1, -0.05) is 12.1 Å². The van der Waals surface area contributed by atoms with Crippen LogP contribution in [0, 0.1) is 5.82 Å². The zero-order chi connectivity index (χ0) is 19.0. The number of phenolic OH excluding ortho intramolecular Hbond substituents is 1. The molecule has 2 N–H and O–H groups in total. The first-order valence-corrected chi connectivity index (χ1v) is 8.78. The highest BCUT2D eigenvalue weighted by atomic mass is 19.1. The molecule has 0 bridgehead atoms. The Morgan fingerprint density at radius 3 is 2.44 bits per heavy atom. The molecule has 4 rings (SSSR count). The molecule has 0 aliphatic carbocycles. The number of pyridine rings is 1. The van der Waals surface area contributed by atoms with E-state index in [-0.39, 0.29) is 23.2 Å². The van der Waals surface area contributed by atoms with Crippen LogP contribution in [0.5, 0.6) is 5.75 Å². The molecule has 1 aliphatic rings. The van der Waals surface area contributed by atoms with Crippen molar-refractivity contribution in [3.05, 3.63) is 59.7 Å². The molecule has 0 saturated carbocycles. The number of halogens is 1. The van der Waals surface area contributed by atoms with Crippen LogP contribution < -0.4 is 0 Å². The van der Waals surface area contributed by atoms with Gasteiger partial charge in [0.2, 0.25) is 0 Å². The second-order valence-corrected chi connectivity index (χ2v) is 6.65. The van der Waals surface area contributed by atoms with Gasteiger partial charge in [-0.15, -0.1) is 0 Å². The zero-order valence-corrected chi connectivity index (χ0v) is 14.5. The molecule has 0 unspecified atom stereocenters. The van der Waals surface area contributed by atoms with Crippen LogP contribution in [0.15, 0.2) is 42.5 Å². The number of fused-ring (bicyclic) bond motifs is 1. The number of hydrogen-bond acceptors (Lipinski definition) is 4. The summed E-state index contributed by atoms with van der Waals surface area (Å²) in [4.78, 5) is 16.3. The lowest BCUT2D eigenvalue weighted by Crippen LogP contribution is -2.18. The maximum atomic E-state index is 13.5. The van der Waals surface area contributed by atoms with Gasteiger partial charge in [-0.25, -0.2) is 14.2 Å². The van der Waals surface area contributed by atoms with E-state index in [1.807, 2.05) is 0 Å². The predicted molar refractivity (Wildman–Crippen MR) is 98.6 cm³/mol. The Balaban J connectivity index is 2.06. The number of carboxylic acids is 1. The third-order valence-corrected chi connectivity index (χ3v) is 4.96. The maximum absolute atomic E-state index is 13.5. The Hall–Kier alpha value is -2.99. The molecule has 6 heteroatoms. The summed E-state index contributed by atoms with van der Waals surface area (Å²) in [6.45, 7) is 1.18. The fourth-order valence-corrected chi connectivity index (χ4v) is 3.67. The molecule has 138 valence electrons. The average molecular weight is 367 g/mol. The molecule has 5 nitrogen and oxygen atoms in total. The van der Waals surface area contributed by atoms with Crippen LogP contribution in [0.3, 0.4) is 0 Å². The minimum absolute atomic E-state index is 0.0318. The number of aromatic carboxylic acids is 1. The third-order valence-electron chi connectivity index (χ3n) is 4.96. The predicted octanol–water partition coefficient (Wildman–Crippen LogP) is 4.34. The molecule has 3 aromatic rings. The van der Waals surface area contributed by atoms with Gasteiger partial charge in [-0.3, -0.25) is 0 Å². The number of hydrogen-bond donors (Lipinski definition) is 2. The number of nitrogens with zero attached hydrogens (tertiary/aromatic N) is 1. The molecule has 1 fully saturated rings. The summed E-state index contributed by atoms with van der Waals surface area (Å²) in [6.07, 6.45) is 1.48. The van der Waals surface area contributed by atoms with Gasteiger partial charge < -0.3 is 14.9 Å². The average Bonchev–Trinajstić information content (AvgIpc) is 2.68. The standard InChI is InChI=1S/C21H18FNO4/c22-14-3-1-12(2-4-14)18-16-6-5-15(24)11-17(16)20(21(25)26)23-19(18)13-7-9-27-10-8-13/h1-6,11,13,24H,7-10H2,(H,25,26). The molecule has 0 radical (unpaired) electrons. The first kappa shape index (κ1) is 17.4. The summed E-state index contributed by atoms with van der Waals surface area (Å²) >= 11 is 0. The van der Waals surface area contributed by atoms with Gasteiger partial charge in [0.1, 0.15) is 11.6 Å². The summed E-state index contributed by atoms with van der Waals surface area (Å²) in [5.41, 5.74) is 2.13. The molecule has 1 aliphatic heterocycles. The highest BCUT2D eigenvalue weighted by molar-refractivity contribution is 6.08. The third kappa shape index (κ3) is 3.24. The Morgan fingerprint density at radius 1 is 1.07 bits per heavy atom. The number of aromatic hydroxyl groups is 1. The lowest BCUT2D eigenvalue weighted by molar-refractivity contribution is 0.0691. The Kier molecular flexibility index (Phi) is 4.49. The van der Waals surface area contributed by atoms with E-state index in [2.05, 4.69) is 4.98 Å². The number of carbonyl (C=O) groups is 1. The summed E-state index contributed by atoms with van der Waals surface area (Å²) in [5, 5.41) is 20.6. The van der Waals surface area contributed by atoms with Crippen LogP contribution in [-0.4, -0.2) is 34.4 Å². The van der Waals surface area contributed by atoms with Crippen molar-refractivity contribution in [2.24, 2.45) is 0 Å². The molecular weight excluding hydrogens is 349 g/mol. The van der Waals surface area contributed by atoms with E-state index in [0.29, 0.717) is 29.7 Å². The summed E-state index contributed by atoms with van der Waals surface area (Å²) < 4.78 is 18.9. The first-order chi connectivity index (χ1) is 13.0. The highest BCUT2D eigenvalue weighted by Crippen LogP contribution is 2.40. The number of aromatic nitrogens is 1. The number of rotatable bonds is 3. The van der Waals surface area contributed by atoms with Gasteiger partial charge in [0.05, 0.1) is 5.69 Å². The van der Waals surface area contributed by atoms with E-state index in [9.17, 15) is 19.4 Å². The lowest BCUT2D eigenvalue weighted by Gasteiger charge is -2.25. The maximum Gasteiger partial charge on any atom is 0.355 e. The summed E-state index contributed by atoms with van der Waals surface area (Å²) in [7, 11) is 0. The first-order valence-electron chi connectivity index (χ1n) is 8.78. The van der Waals surface area contributed by atoms with Crippen molar-refractivity contribution in [1.82, 2.24) is 4.98 Å². The summed E-state index contributed by atoms with van der Waals surface area (Å²) in [6, 6.07) is 10.7. The topological polar surface area (TPSA) is 79.7 Å². The Bertz CT molecular complexity index is 1010. The zero-order valence-electron chi connectivity index (χ0n) is 14.5. The van der Waals surface area contributed by atoms with Crippen LogP contribution in [0.2, 0.25) is 0 Å². The fourth-order valence-electron chi connectivity index (χ4n) is 3.67. The monoisotopic (exact) mass is 367 g/mol. The van der Waals surface area contributed by atoms with Crippen LogP contribution in [0.25, 0.3) is 21.9 Å². The summed E-state index contributed by atoms with van der Waals surface area (Å²) in [5.74, 6) is -1.47. The van der Waals surface area contributed by atoms with Crippen molar-refractivity contribution in [3.8, 4) is 16.9 Å². The highest BCUT2D eigenvalue weighted by Gasteiger charge is 2.26. The molecule has 2 heterocycles. The molecule has 1 aromatic heterocycles. The molecule has 0 spiro atoms. The van der Waals surface area contributed by atoms with E-state index in [1.54, 1.807) is 18.2 Å². The van der Waals surface area contributed by atoms with E-state index >= 15 is 0 Å². The molecule has 2 aromatic carbocycles. The lowest BCUT2D eigenvalue weighted by atomic mass is 9.86. The van der Waals surface area contributed by atoms with Crippen molar-refractivity contribution in [2.45, 2.75) is 18.8 Å². The van der Waals surface area contributed by atoms with E-state index in [4.69, 9.17) is 4.74 Å². The van der Waals surface area contributed by atoms with E-state index < -0.39 is 5.97 Å². The van der Waals surface area contributed by atoms with Gasteiger partial charge in [0.15, 0.2) is 5.69 Å². The van der Waals surface area contributed by atoms with Crippen molar-refractivity contribution in [3.63, 3.8) is 0 Å². The van der Waals surface area contributed by atoms with E-state index in [0.717, 1.165) is 24.0 Å².